The number of unbranched alkanes of at least 4 members (excludes halogenated alkanes) is 1. The molecule has 4 nitrogen and oxygen atoms in total. The number of carbonyl (C=O) groups excluding carboxylic acids is 2. The van der Waals surface area contributed by atoms with Crippen LogP contribution in [0.25, 0.3) is 0 Å². The van der Waals surface area contributed by atoms with E-state index in [4.69, 9.17) is 0 Å². The Morgan fingerprint density at radius 3 is 2.26 bits per heavy atom. The van der Waals surface area contributed by atoms with Gasteiger partial charge >= 0.3 is 0 Å². The van der Waals surface area contributed by atoms with Crippen molar-refractivity contribution >= 4 is 11.8 Å². The zero-order valence-corrected chi connectivity index (χ0v) is 12.3. The number of nitrogens with one attached hydrogen (secondary N) is 2. The fourth-order valence-electron chi connectivity index (χ4n) is 2.77. The highest BCUT2D eigenvalue weighted by atomic mass is 16.2. The predicted molar refractivity (Wildman–Crippen MR) is 76.7 cm³/mol. The van der Waals surface area contributed by atoms with Crippen molar-refractivity contribution in [2.45, 2.75) is 58.8 Å². The van der Waals surface area contributed by atoms with Gasteiger partial charge in [-0.25, -0.2) is 0 Å². The molecule has 0 aliphatic heterocycles. The van der Waals surface area contributed by atoms with Crippen molar-refractivity contribution in [1.29, 1.82) is 0 Å². The van der Waals surface area contributed by atoms with E-state index >= 15 is 0 Å². The summed E-state index contributed by atoms with van der Waals surface area (Å²) >= 11 is 0. The van der Waals surface area contributed by atoms with Gasteiger partial charge in [0, 0.05) is 25.9 Å². The largest absolute Gasteiger partial charge is 0.355 e. The number of rotatable bonds is 7. The van der Waals surface area contributed by atoms with Crippen molar-refractivity contribution < 1.29 is 9.59 Å². The van der Waals surface area contributed by atoms with Gasteiger partial charge < -0.3 is 10.6 Å². The third-order valence-electron chi connectivity index (χ3n) is 3.98. The van der Waals surface area contributed by atoms with Gasteiger partial charge in [-0.15, -0.1) is 0 Å². The smallest absolute Gasteiger partial charge is 0.223 e. The summed E-state index contributed by atoms with van der Waals surface area (Å²) in [6.45, 7) is 4.77. The topological polar surface area (TPSA) is 58.2 Å². The Kier molecular flexibility index (Phi) is 7.53. The molecule has 2 N–H and O–H groups in total. The summed E-state index contributed by atoms with van der Waals surface area (Å²) in [6.07, 6.45) is 8.36. The summed E-state index contributed by atoms with van der Waals surface area (Å²) in [5, 5.41) is 5.59. The maximum absolute atomic E-state index is 11.9. The second kappa shape index (κ2) is 8.94. The third-order valence-corrected chi connectivity index (χ3v) is 3.98. The molecule has 1 aliphatic rings. The van der Waals surface area contributed by atoms with Crippen LogP contribution in [0.4, 0.5) is 0 Å². The summed E-state index contributed by atoms with van der Waals surface area (Å²) in [6, 6.07) is 0. The van der Waals surface area contributed by atoms with Crippen LogP contribution in [0.15, 0.2) is 0 Å². The minimum atomic E-state index is -0.0503. The monoisotopic (exact) mass is 268 g/mol. The van der Waals surface area contributed by atoms with Gasteiger partial charge in [-0.1, -0.05) is 26.2 Å². The third kappa shape index (κ3) is 6.60. The average Bonchev–Trinajstić information content (AvgIpc) is 2.41. The maximum Gasteiger partial charge on any atom is 0.223 e. The molecule has 0 heterocycles. The molecule has 0 spiro atoms. The highest BCUT2D eigenvalue weighted by molar-refractivity contribution is 5.78. The second-order valence-electron chi connectivity index (χ2n) is 5.63. The average molecular weight is 268 g/mol. The number of carbonyl (C=O) groups is 2. The molecular weight excluding hydrogens is 240 g/mol. The molecule has 0 aromatic heterocycles. The molecule has 1 rings (SSSR count). The SMILES string of the molecule is CCCCC1CCC(C(=O)NCCNC(C)=O)CC1. The standard InChI is InChI=1S/C15H28N2O2/c1-3-4-5-13-6-8-14(9-7-13)15(19)17-11-10-16-12(2)18/h13-14H,3-11H2,1-2H3,(H,16,18)(H,17,19). The minimum Gasteiger partial charge on any atom is -0.355 e. The van der Waals surface area contributed by atoms with Crippen LogP contribution >= 0.6 is 0 Å². The Morgan fingerprint density at radius 1 is 1.05 bits per heavy atom. The Hall–Kier alpha value is -1.06. The van der Waals surface area contributed by atoms with Crippen molar-refractivity contribution in [1.82, 2.24) is 10.6 Å². The lowest BCUT2D eigenvalue weighted by Gasteiger charge is -2.27. The molecule has 2 amide bonds. The van der Waals surface area contributed by atoms with Gasteiger partial charge in [0.1, 0.15) is 0 Å². The molecule has 0 atom stereocenters. The lowest BCUT2D eigenvalue weighted by atomic mass is 9.79. The summed E-state index contributed by atoms with van der Waals surface area (Å²) in [5.41, 5.74) is 0. The lowest BCUT2D eigenvalue weighted by molar-refractivity contribution is -0.126. The normalized spacial score (nSPS) is 22.8. The second-order valence-corrected chi connectivity index (χ2v) is 5.63. The molecule has 4 heteroatoms. The van der Waals surface area contributed by atoms with Gasteiger partial charge in [-0.2, -0.15) is 0 Å². The molecule has 0 radical (unpaired) electrons. The Labute approximate surface area is 116 Å². The lowest BCUT2D eigenvalue weighted by Crippen LogP contribution is -2.38. The van der Waals surface area contributed by atoms with Crippen LogP contribution in [-0.2, 0) is 9.59 Å². The van der Waals surface area contributed by atoms with Crippen LogP contribution in [0.5, 0.6) is 0 Å². The van der Waals surface area contributed by atoms with Crippen LogP contribution in [0.1, 0.15) is 58.8 Å². The summed E-state index contributed by atoms with van der Waals surface area (Å²) in [4.78, 5) is 22.6. The van der Waals surface area contributed by atoms with Gasteiger partial charge in [0.15, 0.2) is 0 Å². The van der Waals surface area contributed by atoms with E-state index in [-0.39, 0.29) is 17.7 Å². The Morgan fingerprint density at radius 2 is 1.68 bits per heavy atom. The first-order valence-corrected chi connectivity index (χ1v) is 7.65. The minimum absolute atomic E-state index is 0.0503. The fourth-order valence-corrected chi connectivity index (χ4v) is 2.77. The molecule has 0 saturated heterocycles. The van der Waals surface area contributed by atoms with Crippen LogP contribution in [-0.4, -0.2) is 24.9 Å². The maximum atomic E-state index is 11.9. The molecule has 0 aromatic rings. The van der Waals surface area contributed by atoms with E-state index in [1.165, 1.54) is 39.0 Å². The number of hydrogen-bond donors (Lipinski definition) is 2. The van der Waals surface area contributed by atoms with E-state index in [1.54, 1.807) is 0 Å². The van der Waals surface area contributed by atoms with Crippen molar-refractivity contribution in [2.75, 3.05) is 13.1 Å². The summed E-state index contributed by atoms with van der Waals surface area (Å²) in [7, 11) is 0. The zero-order valence-electron chi connectivity index (χ0n) is 12.3. The Balaban J connectivity index is 2.12. The molecule has 1 fully saturated rings. The van der Waals surface area contributed by atoms with Crippen LogP contribution in [0.2, 0.25) is 0 Å². The number of amides is 2. The fraction of sp³-hybridized carbons (Fsp3) is 0.867. The quantitative estimate of drug-likeness (QED) is 0.696. The van der Waals surface area contributed by atoms with Gasteiger partial charge in [-0.3, -0.25) is 9.59 Å². The molecule has 0 unspecified atom stereocenters. The highest BCUT2D eigenvalue weighted by Crippen LogP contribution is 2.31. The molecular formula is C15H28N2O2. The molecule has 1 saturated carbocycles. The molecule has 110 valence electrons. The van der Waals surface area contributed by atoms with E-state index in [1.807, 2.05) is 0 Å². The van der Waals surface area contributed by atoms with Gasteiger partial charge in [0.25, 0.3) is 0 Å². The van der Waals surface area contributed by atoms with Crippen molar-refractivity contribution in [3.63, 3.8) is 0 Å². The first kappa shape index (κ1) is 16.0. The van der Waals surface area contributed by atoms with E-state index < -0.39 is 0 Å². The molecule has 19 heavy (non-hydrogen) atoms. The first-order chi connectivity index (χ1) is 9.13. The summed E-state index contributed by atoms with van der Waals surface area (Å²) < 4.78 is 0. The predicted octanol–water partition coefficient (Wildman–Crippen LogP) is 2.24. The van der Waals surface area contributed by atoms with E-state index in [9.17, 15) is 9.59 Å². The van der Waals surface area contributed by atoms with Crippen molar-refractivity contribution in [3.8, 4) is 0 Å². The first-order valence-electron chi connectivity index (χ1n) is 7.65. The van der Waals surface area contributed by atoms with E-state index in [0.717, 1.165) is 18.8 Å². The van der Waals surface area contributed by atoms with E-state index in [2.05, 4.69) is 17.6 Å². The van der Waals surface area contributed by atoms with Crippen molar-refractivity contribution in [2.24, 2.45) is 11.8 Å². The number of hydrogen-bond acceptors (Lipinski definition) is 2. The van der Waals surface area contributed by atoms with Gasteiger partial charge in [0.05, 0.1) is 0 Å². The summed E-state index contributed by atoms with van der Waals surface area (Å²) in [5.74, 6) is 1.14. The Bertz CT molecular complexity index is 284. The van der Waals surface area contributed by atoms with Crippen LogP contribution in [0, 0.1) is 11.8 Å². The van der Waals surface area contributed by atoms with Gasteiger partial charge in [0.2, 0.25) is 11.8 Å². The molecule has 1 aliphatic carbocycles. The highest BCUT2D eigenvalue weighted by Gasteiger charge is 2.25. The van der Waals surface area contributed by atoms with Crippen LogP contribution in [0.3, 0.4) is 0 Å². The van der Waals surface area contributed by atoms with E-state index in [0.29, 0.717) is 13.1 Å². The van der Waals surface area contributed by atoms with Crippen LogP contribution < -0.4 is 10.6 Å². The zero-order chi connectivity index (χ0) is 14.1. The molecule has 0 aromatic carbocycles. The van der Waals surface area contributed by atoms with Gasteiger partial charge in [-0.05, 0) is 31.6 Å². The molecule has 0 bridgehead atoms. The van der Waals surface area contributed by atoms with Crippen molar-refractivity contribution in [3.05, 3.63) is 0 Å².